The molecule has 0 unspecified atom stereocenters. The fourth-order valence-electron chi connectivity index (χ4n) is 4.44. The Morgan fingerprint density at radius 2 is 1.76 bits per heavy atom. The molecule has 4 nitrogen and oxygen atoms in total. The lowest BCUT2D eigenvalue weighted by atomic mass is 9.85. The molecule has 1 aliphatic heterocycles. The van der Waals surface area contributed by atoms with Gasteiger partial charge in [0.25, 0.3) is 0 Å². The van der Waals surface area contributed by atoms with Gasteiger partial charge < -0.3 is 19.5 Å². The molecule has 1 aliphatic carbocycles. The van der Waals surface area contributed by atoms with Crippen molar-refractivity contribution in [2.75, 3.05) is 34.4 Å². The third-order valence-corrected chi connectivity index (χ3v) is 5.63. The van der Waals surface area contributed by atoms with E-state index in [1.54, 1.807) is 21.3 Å². The van der Waals surface area contributed by atoms with Gasteiger partial charge in [0.15, 0.2) is 11.5 Å². The number of nitrogens with one attached hydrogen (secondary N) is 1. The van der Waals surface area contributed by atoms with E-state index in [1.807, 2.05) is 12.1 Å². The quantitative estimate of drug-likeness (QED) is 0.926. The lowest BCUT2D eigenvalue weighted by molar-refractivity contribution is 0.351. The highest BCUT2D eigenvalue weighted by Crippen LogP contribution is 2.49. The second-order valence-electron chi connectivity index (χ2n) is 6.81. The molecule has 0 bridgehead atoms. The van der Waals surface area contributed by atoms with E-state index >= 15 is 0 Å². The lowest BCUT2D eigenvalue weighted by Crippen LogP contribution is -2.22. The van der Waals surface area contributed by atoms with Crippen LogP contribution in [0.5, 0.6) is 17.2 Å². The van der Waals surface area contributed by atoms with Crippen molar-refractivity contribution in [2.24, 2.45) is 0 Å². The summed E-state index contributed by atoms with van der Waals surface area (Å²) in [4.78, 5) is 0. The summed E-state index contributed by atoms with van der Waals surface area (Å²) in [5, 5.41) is 3.67. The van der Waals surface area contributed by atoms with Gasteiger partial charge in [-0.3, -0.25) is 0 Å². The summed E-state index contributed by atoms with van der Waals surface area (Å²) in [5.41, 5.74) is 5.49. The maximum atomic E-state index is 5.70. The van der Waals surface area contributed by atoms with Crippen LogP contribution in [-0.4, -0.2) is 34.4 Å². The van der Waals surface area contributed by atoms with E-state index in [1.165, 1.54) is 28.7 Å². The first-order valence-corrected chi connectivity index (χ1v) is 8.89. The average molecular weight is 339 g/mol. The molecular formula is C21H25NO3. The Labute approximate surface area is 149 Å². The van der Waals surface area contributed by atoms with Gasteiger partial charge in [-0.05, 0) is 53.6 Å². The Balaban J connectivity index is 1.87. The van der Waals surface area contributed by atoms with Crippen molar-refractivity contribution in [3.05, 3.63) is 52.6 Å². The number of ether oxygens (including phenoxy) is 3. The Bertz CT molecular complexity index is 770. The minimum atomic E-state index is 0.308. The Morgan fingerprint density at radius 3 is 2.44 bits per heavy atom. The first-order valence-electron chi connectivity index (χ1n) is 8.89. The molecule has 0 amide bonds. The van der Waals surface area contributed by atoms with Crippen molar-refractivity contribution in [3.8, 4) is 17.2 Å². The SMILES string of the molecule is COc1ccc([C@@H]2CNC[C@H]3CCc4c(OC)c(OC)cc2c43)cc1. The van der Waals surface area contributed by atoms with Gasteiger partial charge in [-0.2, -0.15) is 0 Å². The van der Waals surface area contributed by atoms with Crippen molar-refractivity contribution in [1.29, 1.82) is 0 Å². The van der Waals surface area contributed by atoms with E-state index in [-0.39, 0.29) is 0 Å². The molecule has 4 heteroatoms. The highest BCUT2D eigenvalue weighted by molar-refractivity contribution is 5.60. The van der Waals surface area contributed by atoms with Gasteiger partial charge in [0.05, 0.1) is 21.3 Å². The second kappa shape index (κ2) is 6.60. The van der Waals surface area contributed by atoms with Crippen LogP contribution in [0, 0.1) is 0 Å². The summed E-state index contributed by atoms with van der Waals surface area (Å²) in [6, 6.07) is 10.6. The molecule has 2 aliphatic rings. The lowest BCUT2D eigenvalue weighted by Gasteiger charge is -2.22. The van der Waals surface area contributed by atoms with Crippen molar-refractivity contribution < 1.29 is 14.2 Å². The predicted molar refractivity (Wildman–Crippen MR) is 98.3 cm³/mol. The Hall–Kier alpha value is -2.20. The number of benzene rings is 2. The van der Waals surface area contributed by atoms with Crippen LogP contribution in [0.3, 0.4) is 0 Å². The van der Waals surface area contributed by atoms with Gasteiger partial charge in [0.1, 0.15) is 5.75 Å². The van der Waals surface area contributed by atoms with E-state index < -0.39 is 0 Å². The van der Waals surface area contributed by atoms with Crippen LogP contribution in [-0.2, 0) is 6.42 Å². The molecule has 25 heavy (non-hydrogen) atoms. The highest BCUT2D eigenvalue weighted by Gasteiger charge is 2.35. The zero-order valence-electron chi connectivity index (χ0n) is 15.1. The summed E-state index contributed by atoms with van der Waals surface area (Å²) in [6.45, 7) is 1.97. The van der Waals surface area contributed by atoms with Crippen LogP contribution >= 0.6 is 0 Å². The molecule has 0 saturated carbocycles. The molecule has 2 atom stereocenters. The number of methoxy groups -OCH3 is 3. The number of rotatable bonds is 4. The normalized spacial score (nSPS) is 21.4. The van der Waals surface area contributed by atoms with E-state index in [0.29, 0.717) is 11.8 Å². The zero-order chi connectivity index (χ0) is 17.4. The molecule has 0 spiro atoms. The molecule has 1 N–H and O–H groups in total. The maximum Gasteiger partial charge on any atom is 0.164 e. The molecule has 2 aromatic carbocycles. The van der Waals surface area contributed by atoms with Gasteiger partial charge in [-0.1, -0.05) is 12.1 Å². The topological polar surface area (TPSA) is 39.7 Å². The van der Waals surface area contributed by atoms with Gasteiger partial charge in [0.2, 0.25) is 0 Å². The largest absolute Gasteiger partial charge is 0.497 e. The van der Waals surface area contributed by atoms with Crippen molar-refractivity contribution >= 4 is 0 Å². The minimum Gasteiger partial charge on any atom is -0.497 e. The van der Waals surface area contributed by atoms with Crippen LogP contribution in [0.2, 0.25) is 0 Å². The third kappa shape index (κ3) is 2.65. The van der Waals surface area contributed by atoms with E-state index in [2.05, 4.69) is 23.5 Å². The van der Waals surface area contributed by atoms with Crippen molar-refractivity contribution in [1.82, 2.24) is 5.32 Å². The molecule has 0 saturated heterocycles. The van der Waals surface area contributed by atoms with Gasteiger partial charge in [0, 0.05) is 24.6 Å². The first-order chi connectivity index (χ1) is 12.3. The minimum absolute atomic E-state index is 0.308. The third-order valence-electron chi connectivity index (χ3n) is 5.63. The van der Waals surface area contributed by atoms with Crippen molar-refractivity contribution in [2.45, 2.75) is 24.7 Å². The van der Waals surface area contributed by atoms with Crippen LogP contribution in [0.25, 0.3) is 0 Å². The second-order valence-corrected chi connectivity index (χ2v) is 6.81. The van der Waals surface area contributed by atoms with E-state index in [4.69, 9.17) is 14.2 Å². The van der Waals surface area contributed by atoms with Gasteiger partial charge in [-0.15, -0.1) is 0 Å². The standard InChI is InChI=1S/C21H25NO3/c1-23-15-7-4-13(5-8-15)18-12-22-11-14-6-9-16-20(14)17(18)10-19(24-2)21(16)25-3/h4-5,7-8,10,14,18,22H,6,9,11-12H2,1-3H3/t14-,18+/m1/s1. The smallest absolute Gasteiger partial charge is 0.164 e. The zero-order valence-corrected chi connectivity index (χ0v) is 15.1. The van der Waals surface area contributed by atoms with E-state index in [9.17, 15) is 0 Å². The summed E-state index contributed by atoms with van der Waals surface area (Å²) in [5.74, 6) is 3.52. The molecular weight excluding hydrogens is 314 g/mol. The monoisotopic (exact) mass is 339 g/mol. The van der Waals surface area contributed by atoms with Crippen LogP contribution in [0.1, 0.15) is 40.5 Å². The Morgan fingerprint density at radius 1 is 0.960 bits per heavy atom. The number of hydrogen-bond donors (Lipinski definition) is 1. The maximum absolute atomic E-state index is 5.70. The van der Waals surface area contributed by atoms with Crippen LogP contribution in [0.4, 0.5) is 0 Å². The van der Waals surface area contributed by atoms with E-state index in [0.717, 1.165) is 36.8 Å². The number of hydrogen-bond acceptors (Lipinski definition) is 4. The Kier molecular flexibility index (Phi) is 4.30. The summed E-state index contributed by atoms with van der Waals surface area (Å²) in [6.07, 6.45) is 2.23. The molecule has 0 aromatic heterocycles. The summed E-state index contributed by atoms with van der Waals surface area (Å²) in [7, 11) is 5.17. The fourth-order valence-corrected chi connectivity index (χ4v) is 4.44. The fraction of sp³-hybridized carbons (Fsp3) is 0.429. The molecule has 0 radical (unpaired) electrons. The van der Waals surface area contributed by atoms with Gasteiger partial charge in [-0.25, -0.2) is 0 Å². The summed E-state index contributed by atoms with van der Waals surface area (Å²) < 4.78 is 16.7. The molecule has 1 heterocycles. The molecule has 0 fully saturated rings. The summed E-state index contributed by atoms with van der Waals surface area (Å²) >= 11 is 0. The average Bonchev–Trinajstić information content (AvgIpc) is 2.99. The van der Waals surface area contributed by atoms with Crippen molar-refractivity contribution in [3.63, 3.8) is 0 Å². The van der Waals surface area contributed by atoms with Crippen LogP contribution in [0.15, 0.2) is 30.3 Å². The highest BCUT2D eigenvalue weighted by atomic mass is 16.5. The van der Waals surface area contributed by atoms with Gasteiger partial charge >= 0.3 is 0 Å². The molecule has 2 aromatic rings. The molecule has 4 rings (SSSR count). The van der Waals surface area contributed by atoms with Crippen LogP contribution < -0.4 is 19.5 Å². The first kappa shape index (κ1) is 16.3. The predicted octanol–water partition coefficient (Wildman–Crippen LogP) is 3.48. The molecule has 132 valence electrons.